The number of nitrogens with one attached hydrogen (secondary N) is 2. The van der Waals surface area contributed by atoms with Gasteiger partial charge in [-0.15, -0.1) is 0 Å². The van der Waals surface area contributed by atoms with Gasteiger partial charge in [-0.25, -0.2) is 21.6 Å². The summed E-state index contributed by atoms with van der Waals surface area (Å²) < 4.78 is 66.2. The van der Waals surface area contributed by atoms with Crippen LogP contribution in [0.15, 0.2) is 71.6 Å². The molecule has 0 aliphatic heterocycles. The molecule has 0 aromatic heterocycles. The molecule has 3 rings (SSSR count). The van der Waals surface area contributed by atoms with Gasteiger partial charge in [0, 0.05) is 23.0 Å². The highest BCUT2D eigenvalue weighted by Gasteiger charge is 2.16. The van der Waals surface area contributed by atoms with Crippen LogP contribution in [0.4, 0.5) is 24.5 Å². The first-order chi connectivity index (χ1) is 13.2. The second kappa shape index (κ2) is 7.73. The van der Waals surface area contributed by atoms with E-state index in [9.17, 15) is 26.4 Å². The molecule has 0 aliphatic carbocycles. The number of carbonyl (C=O) groups is 1. The maximum absolute atomic E-state index is 13.2. The van der Waals surface area contributed by atoms with Crippen LogP contribution in [-0.2, 0) is 10.0 Å². The number of benzene rings is 3. The first kappa shape index (κ1) is 19.4. The minimum Gasteiger partial charge on any atom is -0.322 e. The quantitative estimate of drug-likeness (QED) is 0.668. The summed E-state index contributed by atoms with van der Waals surface area (Å²) in [4.78, 5) is 12.0. The molecule has 0 saturated carbocycles. The summed E-state index contributed by atoms with van der Waals surface area (Å²) in [6.45, 7) is 0. The fraction of sp³-hybridized carbons (Fsp3) is 0. The Morgan fingerprint density at radius 1 is 0.714 bits per heavy atom. The van der Waals surface area contributed by atoms with E-state index in [4.69, 9.17) is 0 Å². The van der Waals surface area contributed by atoms with Gasteiger partial charge >= 0.3 is 0 Å². The first-order valence-electron chi connectivity index (χ1n) is 7.89. The Bertz CT molecular complexity index is 1100. The lowest BCUT2D eigenvalue weighted by Gasteiger charge is -2.09. The highest BCUT2D eigenvalue weighted by molar-refractivity contribution is 7.92. The molecule has 0 atom stereocenters. The smallest absolute Gasteiger partial charge is 0.261 e. The lowest BCUT2D eigenvalue weighted by molar-refractivity contribution is 0.102. The molecule has 9 heteroatoms. The number of carbonyl (C=O) groups excluding carboxylic acids is 1. The summed E-state index contributed by atoms with van der Waals surface area (Å²) >= 11 is 0. The van der Waals surface area contributed by atoms with Crippen molar-refractivity contribution in [3.05, 3.63) is 89.7 Å². The van der Waals surface area contributed by atoms with Gasteiger partial charge in [0.25, 0.3) is 15.9 Å². The monoisotopic (exact) mass is 406 g/mol. The molecule has 0 bridgehead atoms. The van der Waals surface area contributed by atoms with E-state index < -0.39 is 33.4 Å². The average Bonchev–Trinajstić information content (AvgIpc) is 2.63. The Morgan fingerprint density at radius 2 is 1.29 bits per heavy atom. The van der Waals surface area contributed by atoms with E-state index in [0.717, 1.165) is 24.3 Å². The summed E-state index contributed by atoms with van der Waals surface area (Å²) in [5, 5.41) is 2.32. The van der Waals surface area contributed by atoms with Crippen LogP contribution in [0.25, 0.3) is 0 Å². The van der Waals surface area contributed by atoms with Gasteiger partial charge in [-0.3, -0.25) is 9.52 Å². The number of sulfonamides is 1. The SMILES string of the molecule is O=C(Nc1cc(F)cc(F)c1)c1ccc(S(=O)(=O)Nc2ccc(F)cc2)cc1. The molecule has 5 nitrogen and oxygen atoms in total. The number of hydrogen-bond donors (Lipinski definition) is 2. The van der Waals surface area contributed by atoms with Crippen molar-refractivity contribution >= 4 is 27.3 Å². The third-order valence-corrected chi connectivity index (χ3v) is 5.04. The van der Waals surface area contributed by atoms with E-state index in [1.54, 1.807) is 0 Å². The largest absolute Gasteiger partial charge is 0.322 e. The fourth-order valence-electron chi connectivity index (χ4n) is 2.35. The Labute approximate surface area is 158 Å². The number of halogens is 3. The van der Waals surface area contributed by atoms with Crippen molar-refractivity contribution in [1.82, 2.24) is 0 Å². The average molecular weight is 406 g/mol. The zero-order valence-corrected chi connectivity index (χ0v) is 14.9. The van der Waals surface area contributed by atoms with E-state index in [1.165, 1.54) is 36.4 Å². The number of hydrogen-bond acceptors (Lipinski definition) is 3. The number of rotatable bonds is 5. The maximum atomic E-state index is 13.2. The van der Waals surface area contributed by atoms with Crippen molar-refractivity contribution in [1.29, 1.82) is 0 Å². The molecule has 0 fully saturated rings. The van der Waals surface area contributed by atoms with Crippen molar-refractivity contribution in [2.24, 2.45) is 0 Å². The van der Waals surface area contributed by atoms with E-state index in [-0.39, 0.29) is 21.8 Å². The van der Waals surface area contributed by atoms with E-state index in [2.05, 4.69) is 10.0 Å². The molecule has 144 valence electrons. The van der Waals surface area contributed by atoms with Crippen LogP contribution in [0.5, 0.6) is 0 Å². The van der Waals surface area contributed by atoms with Crippen molar-refractivity contribution in [3.63, 3.8) is 0 Å². The van der Waals surface area contributed by atoms with Gasteiger partial charge in [-0.2, -0.15) is 0 Å². The minimum atomic E-state index is -3.94. The summed E-state index contributed by atoms with van der Waals surface area (Å²) in [6.07, 6.45) is 0. The van der Waals surface area contributed by atoms with Crippen molar-refractivity contribution in [2.45, 2.75) is 4.90 Å². The Morgan fingerprint density at radius 3 is 1.86 bits per heavy atom. The van der Waals surface area contributed by atoms with Crippen molar-refractivity contribution in [2.75, 3.05) is 10.0 Å². The van der Waals surface area contributed by atoms with Crippen LogP contribution in [-0.4, -0.2) is 14.3 Å². The highest BCUT2D eigenvalue weighted by Crippen LogP contribution is 2.18. The molecule has 28 heavy (non-hydrogen) atoms. The Kier molecular flexibility index (Phi) is 5.36. The van der Waals surface area contributed by atoms with Crippen LogP contribution in [0.3, 0.4) is 0 Å². The zero-order valence-electron chi connectivity index (χ0n) is 14.1. The van der Waals surface area contributed by atoms with Crippen LogP contribution < -0.4 is 10.0 Å². The van der Waals surface area contributed by atoms with Gasteiger partial charge in [0.1, 0.15) is 17.5 Å². The summed E-state index contributed by atoms with van der Waals surface area (Å²) in [5.74, 6) is -2.86. The lowest BCUT2D eigenvalue weighted by Crippen LogP contribution is -2.15. The molecular formula is C19H13F3N2O3S. The van der Waals surface area contributed by atoms with Crippen molar-refractivity contribution in [3.8, 4) is 0 Å². The van der Waals surface area contributed by atoms with Gasteiger partial charge in [0.2, 0.25) is 0 Å². The molecule has 2 N–H and O–H groups in total. The van der Waals surface area contributed by atoms with Gasteiger partial charge in [0.15, 0.2) is 0 Å². The van der Waals surface area contributed by atoms with Crippen molar-refractivity contribution < 1.29 is 26.4 Å². The van der Waals surface area contributed by atoms with Crippen LogP contribution >= 0.6 is 0 Å². The van der Waals surface area contributed by atoms with E-state index >= 15 is 0 Å². The van der Waals surface area contributed by atoms with Gasteiger partial charge in [-0.1, -0.05) is 0 Å². The van der Waals surface area contributed by atoms with Crippen LogP contribution in [0.1, 0.15) is 10.4 Å². The molecule has 3 aromatic carbocycles. The van der Waals surface area contributed by atoms with Crippen LogP contribution in [0, 0.1) is 17.5 Å². The molecule has 1 amide bonds. The van der Waals surface area contributed by atoms with E-state index in [1.807, 2.05) is 0 Å². The third kappa shape index (κ3) is 4.68. The molecule has 0 unspecified atom stereocenters. The zero-order chi connectivity index (χ0) is 20.3. The lowest BCUT2D eigenvalue weighted by atomic mass is 10.2. The molecule has 0 radical (unpaired) electrons. The molecule has 0 saturated heterocycles. The predicted octanol–water partition coefficient (Wildman–Crippen LogP) is 4.16. The first-order valence-corrected chi connectivity index (χ1v) is 9.37. The van der Waals surface area contributed by atoms with Crippen LogP contribution in [0.2, 0.25) is 0 Å². The van der Waals surface area contributed by atoms with Gasteiger partial charge < -0.3 is 5.32 Å². The topological polar surface area (TPSA) is 75.3 Å². The molecule has 0 aliphatic rings. The second-order valence-electron chi connectivity index (χ2n) is 5.75. The molecule has 0 spiro atoms. The normalized spacial score (nSPS) is 11.1. The standard InChI is InChI=1S/C19H13F3N2O3S/c20-13-3-5-16(6-4-13)24-28(26,27)18-7-1-12(2-8-18)19(25)23-17-10-14(21)9-15(22)11-17/h1-11,24H,(H,23,25). The maximum Gasteiger partial charge on any atom is 0.261 e. The summed E-state index contributed by atoms with van der Waals surface area (Å²) in [7, 11) is -3.94. The fourth-order valence-corrected chi connectivity index (χ4v) is 3.41. The minimum absolute atomic E-state index is 0.0721. The third-order valence-electron chi connectivity index (χ3n) is 3.64. The molecular weight excluding hydrogens is 393 g/mol. The highest BCUT2D eigenvalue weighted by atomic mass is 32.2. The van der Waals surface area contributed by atoms with Gasteiger partial charge in [0.05, 0.1) is 4.90 Å². The number of anilines is 2. The molecule has 3 aromatic rings. The predicted molar refractivity (Wildman–Crippen MR) is 98.0 cm³/mol. The Hall–Kier alpha value is -3.33. The second-order valence-corrected chi connectivity index (χ2v) is 7.43. The Balaban J connectivity index is 1.74. The summed E-state index contributed by atoms with van der Waals surface area (Å²) in [5.41, 5.74) is 0.193. The van der Waals surface area contributed by atoms with Gasteiger partial charge in [-0.05, 0) is 60.7 Å². The molecule has 0 heterocycles. The summed E-state index contributed by atoms with van der Waals surface area (Å²) in [6, 6.07) is 12.2. The number of amides is 1. The van der Waals surface area contributed by atoms with E-state index in [0.29, 0.717) is 6.07 Å².